The van der Waals surface area contributed by atoms with Crippen molar-refractivity contribution in [3.8, 4) is 5.69 Å². The van der Waals surface area contributed by atoms with Crippen LogP contribution in [0.1, 0.15) is 17.5 Å². The van der Waals surface area contributed by atoms with Crippen LogP contribution in [-0.4, -0.2) is 42.1 Å². The lowest BCUT2D eigenvalue weighted by Gasteiger charge is -2.06. The molecule has 0 radical (unpaired) electrons. The lowest BCUT2D eigenvalue weighted by molar-refractivity contribution is -0.113. The van der Waals surface area contributed by atoms with Gasteiger partial charge < -0.3 is 0 Å². The van der Waals surface area contributed by atoms with Crippen molar-refractivity contribution in [2.75, 3.05) is 11.1 Å². The Bertz CT molecular complexity index is 845. The fourth-order valence-corrected chi connectivity index (χ4v) is 3.33. The van der Waals surface area contributed by atoms with Crippen LogP contribution in [0.25, 0.3) is 5.69 Å². The number of carbonyl (C=O) groups is 1. The standard InChI is InChI=1S/C14H15N7OS2/c1-3-12-16-17-13(24-12)15-11(22)8-23-14-18-19-20-21(14)10-7-5-4-6-9(10)2/h4-7H,3,8H2,1-2H3,(H,15,17,22). The minimum absolute atomic E-state index is 0.168. The van der Waals surface area contributed by atoms with E-state index in [9.17, 15) is 4.79 Å². The molecule has 0 bridgehead atoms. The number of carbonyl (C=O) groups excluding carboxylic acids is 1. The molecular weight excluding hydrogens is 346 g/mol. The number of nitrogens with one attached hydrogen (secondary N) is 1. The predicted molar refractivity (Wildman–Crippen MR) is 92.5 cm³/mol. The van der Waals surface area contributed by atoms with Crippen LogP contribution in [0, 0.1) is 6.92 Å². The minimum atomic E-state index is -0.168. The summed E-state index contributed by atoms with van der Waals surface area (Å²) in [5.74, 6) is 0.0194. The van der Waals surface area contributed by atoms with Crippen LogP contribution in [0.3, 0.4) is 0 Å². The monoisotopic (exact) mass is 361 g/mol. The molecule has 1 N–H and O–H groups in total. The zero-order chi connectivity index (χ0) is 16.9. The third kappa shape index (κ3) is 3.77. The number of nitrogens with zero attached hydrogens (tertiary/aromatic N) is 6. The number of hydrogen-bond acceptors (Lipinski definition) is 8. The van der Waals surface area contributed by atoms with Gasteiger partial charge in [-0.2, -0.15) is 4.68 Å². The van der Waals surface area contributed by atoms with Gasteiger partial charge in [-0.3, -0.25) is 10.1 Å². The van der Waals surface area contributed by atoms with E-state index in [0.29, 0.717) is 10.3 Å². The second kappa shape index (κ2) is 7.49. The maximum absolute atomic E-state index is 12.0. The molecule has 0 aliphatic carbocycles. The zero-order valence-electron chi connectivity index (χ0n) is 13.1. The maximum atomic E-state index is 12.0. The Morgan fingerprint density at radius 1 is 1.29 bits per heavy atom. The number of hydrogen-bond donors (Lipinski definition) is 1. The summed E-state index contributed by atoms with van der Waals surface area (Å²) in [6, 6.07) is 7.80. The highest BCUT2D eigenvalue weighted by atomic mass is 32.2. The SMILES string of the molecule is CCc1nnc(NC(=O)CSc2nnnn2-c2ccccc2C)s1. The molecule has 124 valence electrons. The van der Waals surface area contributed by atoms with Gasteiger partial charge in [-0.15, -0.1) is 15.3 Å². The number of tetrazole rings is 1. The predicted octanol–water partition coefficient (Wildman–Crippen LogP) is 2.12. The number of para-hydroxylation sites is 1. The van der Waals surface area contributed by atoms with Gasteiger partial charge in [0.25, 0.3) is 0 Å². The first-order valence-corrected chi connectivity index (χ1v) is 9.07. The van der Waals surface area contributed by atoms with Crippen LogP contribution in [0.5, 0.6) is 0 Å². The average Bonchev–Trinajstić information content (AvgIpc) is 3.22. The molecule has 3 aromatic rings. The molecule has 8 nitrogen and oxygen atoms in total. The normalized spacial score (nSPS) is 10.8. The molecule has 1 amide bonds. The van der Waals surface area contributed by atoms with Crippen molar-refractivity contribution >= 4 is 34.1 Å². The molecule has 0 saturated heterocycles. The maximum Gasteiger partial charge on any atom is 0.236 e. The number of benzene rings is 1. The Morgan fingerprint density at radius 3 is 2.88 bits per heavy atom. The molecule has 1 aromatic carbocycles. The van der Waals surface area contributed by atoms with Gasteiger partial charge in [0.15, 0.2) is 0 Å². The number of rotatable bonds is 6. The van der Waals surface area contributed by atoms with E-state index >= 15 is 0 Å². The minimum Gasteiger partial charge on any atom is -0.300 e. The number of thioether (sulfide) groups is 1. The van der Waals surface area contributed by atoms with Crippen LogP contribution in [0.4, 0.5) is 5.13 Å². The molecule has 2 aromatic heterocycles. The van der Waals surface area contributed by atoms with Crippen molar-refractivity contribution in [2.24, 2.45) is 0 Å². The van der Waals surface area contributed by atoms with Gasteiger partial charge in [0, 0.05) is 0 Å². The Kier molecular flexibility index (Phi) is 5.16. The van der Waals surface area contributed by atoms with E-state index in [-0.39, 0.29) is 11.7 Å². The van der Waals surface area contributed by atoms with Gasteiger partial charge in [-0.25, -0.2) is 0 Å². The van der Waals surface area contributed by atoms with E-state index in [0.717, 1.165) is 22.7 Å². The summed E-state index contributed by atoms with van der Waals surface area (Å²) in [4.78, 5) is 12.0. The summed E-state index contributed by atoms with van der Waals surface area (Å²) in [5, 5.41) is 24.3. The van der Waals surface area contributed by atoms with Crippen LogP contribution in [-0.2, 0) is 11.2 Å². The van der Waals surface area contributed by atoms with Gasteiger partial charge in [0.1, 0.15) is 5.01 Å². The van der Waals surface area contributed by atoms with E-state index in [2.05, 4.69) is 31.0 Å². The summed E-state index contributed by atoms with van der Waals surface area (Å²) >= 11 is 2.65. The number of aryl methyl sites for hydroxylation is 2. The second-order valence-electron chi connectivity index (χ2n) is 4.85. The van der Waals surface area contributed by atoms with Gasteiger partial charge in [-0.05, 0) is 35.4 Å². The van der Waals surface area contributed by atoms with Crippen LogP contribution in [0.15, 0.2) is 29.4 Å². The molecule has 0 spiro atoms. The van der Waals surface area contributed by atoms with Crippen molar-refractivity contribution in [3.05, 3.63) is 34.8 Å². The van der Waals surface area contributed by atoms with E-state index in [4.69, 9.17) is 0 Å². The van der Waals surface area contributed by atoms with E-state index in [1.54, 1.807) is 4.68 Å². The largest absolute Gasteiger partial charge is 0.300 e. The molecule has 0 aliphatic heterocycles. The number of amides is 1. The third-order valence-corrected chi connectivity index (χ3v) is 5.03. The highest BCUT2D eigenvalue weighted by molar-refractivity contribution is 7.99. The van der Waals surface area contributed by atoms with Crippen molar-refractivity contribution in [2.45, 2.75) is 25.4 Å². The molecule has 2 heterocycles. The number of anilines is 1. The zero-order valence-corrected chi connectivity index (χ0v) is 14.8. The van der Waals surface area contributed by atoms with Crippen LogP contribution < -0.4 is 5.32 Å². The Balaban J connectivity index is 1.64. The molecule has 24 heavy (non-hydrogen) atoms. The van der Waals surface area contributed by atoms with E-state index in [1.807, 2.05) is 38.1 Å². The second-order valence-corrected chi connectivity index (χ2v) is 6.86. The topological polar surface area (TPSA) is 98.5 Å². The summed E-state index contributed by atoms with van der Waals surface area (Å²) in [6.07, 6.45) is 0.799. The highest BCUT2D eigenvalue weighted by Gasteiger charge is 2.14. The quantitative estimate of drug-likeness (QED) is 0.671. The third-order valence-electron chi connectivity index (χ3n) is 3.13. The highest BCUT2D eigenvalue weighted by Crippen LogP contribution is 2.21. The summed E-state index contributed by atoms with van der Waals surface area (Å²) < 4.78 is 1.63. The lowest BCUT2D eigenvalue weighted by Crippen LogP contribution is -2.14. The van der Waals surface area contributed by atoms with E-state index in [1.165, 1.54) is 23.1 Å². The fourth-order valence-electron chi connectivity index (χ4n) is 1.95. The van der Waals surface area contributed by atoms with E-state index < -0.39 is 0 Å². The Morgan fingerprint density at radius 2 is 2.12 bits per heavy atom. The van der Waals surface area contributed by atoms with Gasteiger partial charge in [0.05, 0.1) is 11.4 Å². The van der Waals surface area contributed by atoms with Crippen LogP contribution in [0.2, 0.25) is 0 Å². The number of aromatic nitrogens is 6. The summed E-state index contributed by atoms with van der Waals surface area (Å²) in [6.45, 7) is 3.98. The average molecular weight is 361 g/mol. The van der Waals surface area contributed by atoms with Gasteiger partial charge in [0.2, 0.25) is 16.2 Å². The van der Waals surface area contributed by atoms with Crippen molar-refractivity contribution < 1.29 is 4.79 Å². The van der Waals surface area contributed by atoms with Gasteiger partial charge >= 0.3 is 0 Å². The van der Waals surface area contributed by atoms with Crippen molar-refractivity contribution in [1.82, 2.24) is 30.4 Å². The molecular formula is C14H15N7OS2. The first-order valence-electron chi connectivity index (χ1n) is 7.26. The Hall–Kier alpha value is -2.33. The summed E-state index contributed by atoms with van der Waals surface area (Å²) in [7, 11) is 0. The van der Waals surface area contributed by atoms with Crippen molar-refractivity contribution in [1.29, 1.82) is 0 Å². The smallest absolute Gasteiger partial charge is 0.236 e. The lowest BCUT2D eigenvalue weighted by atomic mass is 10.2. The molecule has 0 saturated carbocycles. The first-order chi connectivity index (χ1) is 11.7. The molecule has 0 atom stereocenters. The molecule has 10 heteroatoms. The van der Waals surface area contributed by atoms with Crippen LogP contribution >= 0.6 is 23.1 Å². The fraction of sp³-hybridized carbons (Fsp3) is 0.286. The molecule has 0 fully saturated rings. The van der Waals surface area contributed by atoms with Crippen molar-refractivity contribution in [3.63, 3.8) is 0 Å². The molecule has 0 aliphatic rings. The summed E-state index contributed by atoms with van der Waals surface area (Å²) in [5.41, 5.74) is 1.94. The van der Waals surface area contributed by atoms with Gasteiger partial charge in [-0.1, -0.05) is 48.2 Å². The first kappa shape index (κ1) is 16.5. The Labute approximate surface area is 146 Å². The molecule has 0 unspecified atom stereocenters. The molecule has 3 rings (SSSR count).